The Balaban J connectivity index is 2.10. The second-order valence-electron chi connectivity index (χ2n) is 4.17. The third-order valence-corrected chi connectivity index (χ3v) is 3.04. The van der Waals surface area contributed by atoms with E-state index in [0.29, 0.717) is 16.0 Å². The summed E-state index contributed by atoms with van der Waals surface area (Å²) in [5.74, 6) is -0.855. The van der Waals surface area contributed by atoms with Crippen LogP contribution in [0.15, 0.2) is 47.4 Å². The molecule has 98 valence electrons. The molecule has 2 aromatic carbocycles. The Kier molecular flexibility index (Phi) is 4.22. The van der Waals surface area contributed by atoms with E-state index in [1.54, 1.807) is 36.4 Å². The number of ether oxygens (including phenoxy) is 1. The fraction of sp³-hybridized carbons (Fsp3) is 0.133. The smallest absolute Gasteiger partial charge is 0.338 e. The van der Waals surface area contributed by atoms with Gasteiger partial charge in [0.2, 0.25) is 0 Å². The second-order valence-corrected chi connectivity index (χ2v) is 4.68. The van der Waals surface area contributed by atoms with Crippen LogP contribution in [-0.4, -0.2) is 5.97 Å². The Morgan fingerprint density at radius 3 is 2.74 bits per heavy atom. The summed E-state index contributed by atoms with van der Waals surface area (Å²) in [4.78, 5) is 12.6. The van der Waals surface area contributed by atoms with E-state index in [-0.39, 0.29) is 12.4 Å². The molecule has 0 amide bonds. The van der Waals surface area contributed by atoms with Crippen LogP contribution in [0.2, 0.25) is 0 Å². The van der Waals surface area contributed by atoms with E-state index in [1.165, 1.54) is 6.07 Å². The first-order chi connectivity index (χ1) is 9.08. The van der Waals surface area contributed by atoms with E-state index in [4.69, 9.17) is 4.74 Å². The highest BCUT2D eigenvalue weighted by Gasteiger charge is 2.12. The molecular weight excluding hydrogens is 263 g/mol. The van der Waals surface area contributed by atoms with Crippen LogP contribution in [0.25, 0.3) is 0 Å². The molecule has 0 atom stereocenters. The topological polar surface area (TPSA) is 26.3 Å². The number of benzene rings is 2. The van der Waals surface area contributed by atoms with Gasteiger partial charge in [0.1, 0.15) is 12.4 Å². The zero-order valence-corrected chi connectivity index (χ0v) is 11.3. The highest BCUT2D eigenvalue weighted by Crippen LogP contribution is 2.16. The number of carbonyl (C=O) groups is 1. The summed E-state index contributed by atoms with van der Waals surface area (Å²) in [7, 11) is 0. The van der Waals surface area contributed by atoms with Crippen LogP contribution in [0.4, 0.5) is 4.39 Å². The molecule has 0 aromatic heterocycles. The molecule has 0 N–H and O–H groups in total. The summed E-state index contributed by atoms with van der Waals surface area (Å²) < 4.78 is 18.5. The van der Waals surface area contributed by atoms with Crippen LogP contribution in [-0.2, 0) is 11.3 Å². The van der Waals surface area contributed by atoms with E-state index in [0.717, 1.165) is 5.56 Å². The molecular formula is C15H13FO2S. The minimum absolute atomic E-state index is 0.0816. The van der Waals surface area contributed by atoms with Crippen LogP contribution in [0.5, 0.6) is 0 Å². The maximum atomic E-state index is 13.4. The Labute approximate surface area is 116 Å². The standard InChI is InChI=1S/C15H13FO2S/c1-10-6-7-12(19)8-13(10)15(17)18-9-11-4-2-3-5-14(11)16/h2-8,19H,9H2,1H3. The molecule has 0 saturated carbocycles. The third kappa shape index (κ3) is 3.35. The maximum absolute atomic E-state index is 13.4. The SMILES string of the molecule is Cc1ccc(S)cc1C(=O)OCc1ccccc1F. The van der Waals surface area contributed by atoms with Crippen molar-refractivity contribution in [3.63, 3.8) is 0 Å². The molecule has 0 spiro atoms. The van der Waals surface area contributed by atoms with Gasteiger partial charge in [-0.05, 0) is 30.7 Å². The van der Waals surface area contributed by atoms with Gasteiger partial charge in [-0.2, -0.15) is 0 Å². The van der Waals surface area contributed by atoms with Crippen molar-refractivity contribution in [1.29, 1.82) is 0 Å². The normalized spacial score (nSPS) is 10.3. The molecule has 0 fully saturated rings. The Hall–Kier alpha value is -1.81. The Morgan fingerprint density at radius 2 is 2.00 bits per heavy atom. The lowest BCUT2D eigenvalue weighted by atomic mass is 10.1. The zero-order chi connectivity index (χ0) is 13.8. The lowest BCUT2D eigenvalue weighted by Gasteiger charge is -2.08. The fourth-order valence-corrected chi connectivity index (χ4v) is 1.87. The molecule has 0 aliphatic heterocycles. The number of hydrogen-bond acceptors (Lipinski definition) is 3. The van der Waals surface area contributed by atoms with E-state index >= 15 is 0 Å². The molecule has 19 heavy (non-hydrogen) atoms. The summed E-state index contributed by atoms with van der Waals surface area (Å²) in [5, 5.41) is 0. The van der Waals surface area contributed by atoms with Crippen molar-refractivity contribution in [2.24, 2.45) is 0 Å². The molecule has 0 radical (unpaired) electrons. The van der Waals surface area contributed by atoms with Gasteiger partial charge in [0.15, 0.2) is 0 Å². The molecule has 0 aliphatic rings. The number of esters is 1. The monoisotopic (exact) mass is 276 g/mol. The fourth-order valence-electron chi connectivity index (χ4n) is 1.67. The predicted octanol–water partition coefficient (Wildman–Crippen LogP) is 3.78. The molecule has 0 aliphatic carbocycles. The van der Waals surface area contributed by atoms with Crippen LogP contribution in [0.1, 0.15) is 21.5 Å². The molecule has 0 unspecified atom stereocenters. The van der Waals surface area contributed by atoms with E-state index in [9.17, 15) is 9.18 Å². The number of halogens is 1. The van der Waals surface area contributed by atoms with Gasteiger partial charge in [-0.1, -0.05) is 24.3 Å². The largest absolute Gasteiger partial charge is 0.457 e. The summed E-state index contributed by atoms with van der Waals surface area (Å²) in [6, 6.07) is 11.4. The average Bonchev–Trinajstić information content (AvgIpc) is 2.40. The van der Waals surface area contributed by atoms with E-state index in [1.807, 2.05) is 6.92 Å². The average molecular weight is 276 g/mol. The lowest BCUT2D eigenvalue weighted by molar-refractivity contribution is 0.0468. The maximum Gasteiger partial charge on any atom is 0.338 e. The highest BCUT2D eigenvalue weighted by molar-refractivity contribution is 7.80. The highest BCUT2D eigenvalue weighted by atomic mass is 32.1. The van der Waals surface area contributed by atoms with E-state index in [2.05, 4.69) is 12.6 Å². The first-order valence-electron chi connectivity index (χ1n) is 5.78. The quantitative estimate of drug-likeness (QED) is 0.682. The first kappa shape index (κ1) is 13.6. The van der Waals surface area contributed by atoms with Crippen LogP contribution in [0.3, 0.4) is 0 Å². The van der Waals surface area contributed by atoms with Gasteiger partial charge in [0.05, 0.1) is 5.56 Å². The van der Waals surface area contributed by atoms with Gasteiger partial charge < -0.3 is 4.74 Å². The zero-order valence-electron chi connectivity index (χ0n) is 10.4. The van der Waals surface area contributed by atoms with Crippen molar-refractivity contribution in [2.45, 2.75) is 18.4 Å². The van der Waals surface area contributed by atoms with Crippen molar-refractivity contribution >= 4 is 18.6 Å². The first-order valence-corrected chi connectivity index (χ1v) is 6.23. The van der Waals surface area contributed by atoms with Crippen molar-refractivity contribution in [3.05, 3.63) is 65.0 Å². The summed E-state index contributed by atoms with van der Waals surface area (Å²) >= 11 is 4.18. The number of hydrogen-bond donors (Lipinski definition) is 1. The molecule has 0 heterocycles. The Morgan fingerprint density at radius 1 is 1.26 bits per heavy atom. The summed E-state index contributed by atoms with van der Waals surface area (Å²) in [6.07, 6.45) is 0. The summed E-state index contributed by atoms with van der Waals surface area (Å²) in [6.45, 7) is 1.73. The van der Waals surface area contributed by atoms with E-state index < -0.39 is 5.97 Å². The van der Waals surface area contributed by atoms with Crippen LogP contribution < -0.4 is 0 Å². The second kappa shape index (κ2) is 5.89. The van der Waals surface area contributed by atoms with Gasteiger partial charge >= 0.3 is 5.97 Å². The van der Waals surface area contributed by atoms with Gasteiger partial charge in [0, 0.05) is 10.5 Å². The minimum Gasteiger partial charge on any atom is -0.457 e. The van der Waals surface area contributed by atoms with Crippen LogP contribution >= 0.6 is 12.6 Å². The molecule has 0 saturated heterocycles. The summed E-state index contributed by atoms with van der Waals surface area (Å²) in [5.41, 5.74) is 1.61. The number of rotatable bonds is 3. The van der Waals surface area contributed by atoms with Crippen molar-refractivity contribution < 1.29 is 13.9 Å². The number of thiol groups is 1. The van der Waals surface area contributed by atoms with Gasteiger partial charge in [-0.15, -0.1) is 12.6 Å². The third-order valence-electron chi connectivity index (χ3n) is 2.76. The molecule has 2 rings (SSSR count). The van der Waals surface area contributed by atoms with Crippen molar-refractivity contribution in [3.8, 4) is 0 Å². The molecule has 4 heteroatoms. The Bertz CT molecular complexity index is 611. The van der Waals surface area contributed by atoms with Crippen LogP contribution in [0, 0.1) is 12.7 Å². The molecule has 2 nitrogen and oxygen atoms in total. The van der Waals surface area contributed by atoms with Gasteiger partial charge in [-0.3, -0.25) is 0 Å². The van der Waals surface area contributed by atoms with Gasteiger partial charge in [0.25, 0.3) is 0 Å². The van der Waals surface area contributed by atoms with Gasteiger partial charge in [-0.25, -0.2) is 9.18 Å². The van der Waals surface area contributed by atoms with Crippen molar-refractivity contribution in [1.82, 2.24) is 0 Å². The molecule has 2 aromatic rings. The minimum atomic E-state index is -0.475. The number of carbonyl (C=O) groups excluding carboxylic acids is 1. The molecule has 0 bridgehead atoms. The van der Waals surface area contributed by atoms with Crippen molar-refractivity contribution in [2.75, 3.05) is 0 Å². The lowest BCUT2D eigenvalue weighted by Crippen LogP contribution is -2.08. The predicted molar refractivity (Wildman–Crippen MR) is 74.0 cm³/mol. The number of aryl methyl sites for hydroxylation is 1.